The smallest absolute Gasteiger partial charge is 0.245 e. The lowest BCUT2D eigenvalue weighted by Crippen LogP contribution is -2.60. The Labute approximate surface area is 629 Å². The number of nitrogens with zero attached hydrogens (tertiary/aromatic N) is 3. The van der Waals surface area contributed by atoms with Crippen LogP contribution in [0.15, 0.2) is 102 Å². The topological polar surface area (TPSA) is 502 Å². The highest BCUT2D eigenvalue weighted by atomic mass is 32.2. The molecule has 12 atom stereocenters. The van der Waals surface area contributed by atoms with Gasteiger partial charge in [-0.05, 0) is 160 Å². The lowest BCUT2D eigenvalue weighted by molar-refractivity contribution is -0.144. The number of rotatable bonds is 44. The molecule has 107 heavy (non-hydrogen) atoms. The zero-order valence-electron chi connectivity index (χ0n) is 61.6. The van der Waals surface area contributed by atoms with Gasteiger partial charge in [-0.15, -0.1) is 0 Å². The summed E-state index contributed by atoms with van der Waals surface area (Å²) in [4.78, 5) is 176. The number of hydrogen-bond donors (Lipinski definition) is 15. The van der Waals surface area contributed by atoms with Gasteiger partial charge in [0.25, 0.3) is 0 Å². The maximum atomic E-state index is 15.3. The number of amides is 12. The molecule has 2 fully saturated rings. The molecule has 2 saturated heterocycles. The number of benzene rings is 4. The minimum absolute atomic E-state index is 0.0256. The van der Waals surface area contributed by atoms with Crippen LogP contribution >= 0.6 is 11.8 Å². The van der Waals surface area contributed by atoms with Crippen LogP contribution in [0.5, 0.6) is 0 Å². The first kappa shape index (κ1) is 84.5. The molecule has 4 aromatic carbocycles. The van der Waals surface area contributed by atoms with E-state index in [2.05, 4.69) is 59.7 Å². The lowest BCUT2D eigenvalue weighted by atomic mass is 9.90. The molecule has 7 rings (SSSR count). The summed E-state index contributed by atoms with van der Waals surface area (Å²) in [5.41, 5.74) is 43.5. The predicted molar refractivity (Wildman–Crippen MR) is 409 cm³/mol. The Morgan fingerprint density at radius 2 is 1.07 bits per heavy atom. The molecule has 2 aliphatic heterocycles. The van der Waals surface area contributed by atoms with Crippen molar-refractivity contribution in [1.82, 2.24) is 52.3 Å². The zero-order valence-corrected chi connectivity index (χ0v) is 62.4. The van der Waals surface area contributed by atoms with Gasteiger partial charge in [0.1, 0.15) is 48.3 Å². The summed E-state index contributed by atoms with van der Waals surface area (Å²) in [6.07, 6.45) is 5.10. The molecule has 30 nitrogen and oxygen atoms in total. The van der Waals surface area contributed by atoms with Crippen LogP contribution in [-0.2, 0) is 76.8 Å². The second kappa shape index (κ2) is 42.6. The van der Waals surface area contributed by atoms with Crippen LogP contribution in [-0.4, -0.2) is 198 Å². The Bertz CT molecular complexity index is 3740. The summed E-state index contributed by atoms with van der Waals surface area (Å²) in [7, 11) is 0. The summed E-state index contributed by atoms with van der Waals surface area (Å²) in [5.74, 6) is -8.46. The van der Waals surface area contributed by atoms with Crippen LogP contribution < -0.4 is 82.7 Å². The number of aliphatic imine (C=N–C) groups is 1. The average Bonchev–Trinajstić information content (AvgIpc) is 1.66. The SMILES string of the molecule is CSCC[C@H](NC(=O)[C@H](CC(C)C)NC(=O)[C@@H](NC[C@H](Cc1ccccc1)NC(=O)[C@H](Cc1ccccc1)NC(=O)[C@H](CCC(N)=O)NC(=O)[C@H](CCC(N)=O)NC(=O)[C@@H]1CCCN1C(=O)[C@H](CCCCN)NC(=O)[C@@H]1CCCN1C(=O)[C@@H](N)CCCN=C(N)N)[C@@H]1CCc2cc3ccccc3cc21)C(N)=O. The number of carbonyl (C=O) groups excluding carboxylic acids is 12. The average molecular weight is 1500 g/mol. The highest BCUT2D eigenvalue weighted by molar-refractivity contribution is 7.98. The van der Waals surface area contributed by atoms with Gasteiger partial charge in [0, 0.05) is 57.4 Å². The van der Waals surface area contributed by atoms with E-state index in [0.29, 0.717) is 69.2 Å². The van der Waals surface area contributed by atoms with Crippen molar-refractivity contribution in [3.8, 4) is 0 Å². The Hall–Kier alpha value is -9.72. The number of carbonyl (C=O) groups is 12. The minimum Gasteiger partial charge on any atom is -0.370 e. The Morgan fingerprint density at radius 3 is 1.64 bits per heavy atom. The fourth-order valence-corrected chi connectivity index (χ4v) is 14.6. The number of hydrogen-bond acceptors (Lipinski definition) is 17. The third-order valence-electron chi connectivity index (χ3n) is 19.7. The van der Waals surface area contributed by atoms with E-state index >= 15 is 9.59 Å². The van der Waals surface area contributed by atoms with Crippen molar-refractivity contribution >= 4 is 99.4 Å². The van der Waals surface area contributed by atoms with Crippen LogP contribution in [0, 0.1) is 5.92 Å². The number of thioether (sulfide) groups is 1. The lowest BCUT2D eigenvalue weighted by Gasteiger charge is -2.32. The van der Waals surface area contributed by atoms with Crippen LogP contribution in [0.3, 0.4) is 0 Å². The molecule has 22 N–H and O–H groups in total. The van der Waals surface area contributed by atoms with E-state index in [1.807, 2.05) is 74.7 Å². The first-order valence-corrected chi connectivity index (χ1v) is 38.6. The molecule has 12 amide bonds. The van der Waals surface area contributed by atoms with Crippen LogP contribution in [0.4, 0.5) is 0 Å². The van der Waals surface area contributed by atoms with E-state index in [0.717, 1.165) is 27.5 Å². The van der Waals surface area contributed by atoms with Gasteiger partial charge in [0.05, 0.1) is 12.1 Å². The van der Waals surface area contributed by atoms with Crippen molar-refractivity contribution in [2.24, 2.45) is 51.0 Å². The summed E-state index contributed by atoms with van der Waals surface area (Å²) in [6.45, 7) is 4.70. The van der Waals surface area contributed by atoms with Crippen LogP contribution in [0.2, 0.25) is 0 Å². The van der Waals surface area contributed by atoms with E-state index in [-0.39, 0.29) is 95.8 Å². The van der Waals surface area contributed by atoms with Gasteiger partial charge in [-0.1, -0.05) is 111 Å². The van der Waals surface area contributed by atoms with Gasteiger partial charge in [0.2, 0.25) is 70.9 Å². The third kappa shape index (κ3) is 26.0. The van der Waals surface area contributed by atoms with Gasteiger partial charge in [-0.2, -0.15) is 11.8 Å². The third-order valence-corrected chi connectivity index (χ3v) is 20.4. The Morgan fingerprint density at radius 1 is 0.542 bits per heavy atom. The van der Waals surface area contributed by atoms with Crippen LogP contribution in [0.25, 0.3) is 10.8 Å². The molecular weight excluding hydrogens is 1390 g/mol. The number of fused-ring (bicyclic) bond motifs is 2. The number of primary amides is 3. The molecule has 0 radical (unpaired) electrons. The first-order valence-electron chi connectivity index (χ1n) is 37.2. The minimum atomic E-state index is -1.60. The van der Waals surface area contributed by atoms with Gasteiger partial charge < -0.3 is 92.5 Å². The van der Waals surface area contributed by atoms with Crippen molar-refractivity contribution < 1.29 is 57.5 Å². The molecule has 0 bridgehead atoms. The van der Waals surface area contributed by atoms with Crippen LogP contribution in [0.1, 0.15) is 145 Å². The predicted octanol–water partition coefficient (Wildman–Crippen LogP) is 0.0142. The second-order valence-electron chi connectivity index (χ2n) is 28.4. The van der Waals surface area contributed by atoms with Crippen molar-refractivity contribution in [2.75, 3.05) is 44.7 Å². The maximum Gasteiger partial charge on any atom is 0.245 e. The number of guanidine groups is 1. The molecule has 0 saturated carbocycles. The maximum absolute atomic E-state index is 15.3. The molecule has 4 aromatic rings. The Kier molecular flexibility index (Phi) is 33.6. The van der Waals surface area contributed by atoms with Crippen molar-refractivity contribution in [2.45, 2.75) is 208 Å². The zero-order chi connectivity index (χ0) is 77.7. The first-order chi connectivity index (χ1) is 51.2. The van der Waals surface area contributed by atoms with Gasteiger partial charge in [-0.25, -0.2) is 0 Å². The molecule has 0 spiro atoms. The second-order valence-corrected chi connectivity index (χ2v) is 29.4. The fraction of sp³-hybridized carbons (Fsp3) is 0.539. The molecule has 0 unspecified atom stereocenters. The molecule has 582 valence electrons. The molecule has 3 aliphatic rings. The molecule has 31 heteroatoms. The van der Waals surface area contributed by atoms with E-state index in [4.69, 9.17) is 40.1 Å². The van der Waals surface area contributed by atoms with Gasteiger partial charge >= 0.3 is 0 Å². The van der Waals surface area contributed by atoms with E-state index in [1.54, 1.807) is 30.3 Å². The van der Waals surface area contributed by atoms with Crippen molar-refractivity contribution in [3.63, 3.8) is 0 Å². The summed E-state index contributed by atoms with van der Waals surface area (Å²) < 4.78 is 0. The van der Waals surface area contributed by atoms with Gasteiger partial charge in [0.15, 0.2) is 5.96 Å². The number of nitrogens with two attached hydrogens (primary N) is 7. The summed E-state index contributed by atoms with van der Waals surface area (Å²) in [5, 5.41) is 25.5. The highest BCUT2D eigenvalue weighted by Gasteiger charge is 2.43. The van der Waals surface area contributed by atoms with Gasteiger partial charge in [-0.3, -0.25) is 62.5 Å². The monoisotopic (exact) mass is 1500 g/mol. The molecule has 0 aromatic heterocycles. The largest absolute Gasteiger partial charge is 0.370 e. The molecule has 2 heterocycles. The normalized spacial score (nSPS) is 17.9. The van der Waals surface area contributed by atoms with E-state index in [9.17, 15) is 47.9 Å². The van der Waals surface area contributed by atoms with Crippen molar-refractivity contribution in [3.05, 3.63) is 119 Å². The quantitative estimate of drug-likeness (QED) is 0.0158. The van der Waals surface area contributed by atoms with E-state index in [1.165, 1.54) is 21.6 Å². The number of unbranched alkanes of at least 4 members (excludes halogenated alkanes) is 1. The van der Waals surface area contributed by atoms with E-state index < -0.39 is 156 Å². The standard InChI is InChI=1S/C76H110N18O12S/c1-45(2)39-59(70(101)87-55(66(81)97)33-38-107-3)92-73(104)65(52-28-27-50-42-48-21-10-11-22-49(48)43-53(50)52)85-44-51(40-46-17-6-4-7-18-46)86-69(100)60(41-47-19-8-5-9-20-47)91-68(99)56(29-31-63(79)95)88-67(98)57(30-32-64(80)96)89-71(102)62-26-16-37-94(62)75(106)58(24-12-13-34-77)90-72(103)61-25-15-36-93(61)74(105)54(78)23-14-35-84-76(82)83/h4-11,17-22,42-43,45,51-52,54-62,65,85H,12-16,23-41,44,77-78H2,1-3H3,(H2,79,95)(H2,80,96)(H2,81,97)(H,86,100)(H,87,101)(H,88,98)(H,89,102)(H,90,103)(H,91,99)(H,92,104)(H4,82,83,84)/t51-,52+,54-,55-,56-,57-,58-,59-,60-,61-,62-,65-/m0/s1. The number of aryl methyl sites for hydroxylation is 1. The molecule has 1 aliphatic carbocycles. The molecular formula is C76H110N18O12S. The number of nitrogens with one attached hydrogen (secondary N) is 8. The number of likely N-dealkylation sites (tertiary alicyclic amines) is 2. The highest BCUT2D eigenvalue weighted by Crippen LogP contribution is 2.38. The van der Waals surface area contributed by atoms with Crippen molar-refractivity contribution in [1.29, 1.82) is 0 Å². The Balaban J connectivity index is 1.12. The summed E-state index contributed by atoms with van der Waals surface area (Å²) in [6, 6.07) is 17.7. The fourth-order valence-electron chi connectivity index (χ4n) is 14.2. The summed E-state index contributed by atoms with van der Waals surface area (Å²) >= 11 is 1.49.